The molecule has 26 heavy (non-hydrogen) atoms. The molecular formula is C20H24BrN3O2. The third kappa shape index (κ3) is 5.18. The average Bonchev–Trinajstić information content (AvgIpc) is 2.56. The molecule has 0 spiro atoms. The molecule has 2 rings (SSSR count). The van der Waals surface area contributed by atoms with Crippen LogP contribution >= 0.6 is 15.9 Å². The predicted octanol–water partition coefficient (Wildman–Crippen LogP) is 3.97. The number of nitriles is 1. The van der Waals surface area contributed by atoms with Crippen molar-refractivity contribution in [2.45, 2.75) is 52.6 Å². The molecule has 1 amide bonds. The number of nitrogens with zero attached hydrogens (tertiary/aromatic N) is 2. The number of carbonyl (C=O) groups is 1. The largest absolute Gasteiger partial charge is 0.352 e. The van der Waals surface area contributed by atoms with Gasteiger partial charge in [-0.05, 0) is 37.5 Å². The van der Waals surface area contributed by atoms with Gasteiger partial charge >= 0.3 is 0 Å². The van der Waals surface area contributed by atoms with Crippen LogP contribution in [0.15, 0.2) is 33.7 Å². The van der Waals surface area contributed by atoms with Crippen LogP contribution in [0, 0.1) is 17.2 Å². The van der Waals surface area contributed by atoms with Crippen LogP contribution in [0.5, 0.6) is 0 Å². The maximum Gasteiger partial charge on any atom is 0.240 e. The molecule has 0 saturated heterocycles. The Morgan fingerprint density at radius 1 is 1.31 bits per heavy atom. The van der Waals surface area contributed by atoms with Crippen molar-refractivity contribution >= 4 is 32.7 Å². The number of nitrogens with one attached hydrogen (secondary N) is 1. The summed E-state index contributed by atoms with van der Waals surface area (Å²) in [6.45, 7) is 6.45. The lowest BCUT2D eigenvalue weighted by molar-refractivity contribution is -0.122. The summed E-state index contributed by atoms with van der Waals surface area (Å²) in [4.78, 5) is 24.8. The zero-order chi connectivity index (χ0) is 19.3. The summed E-state index contributed by atoms with van der Waals surface area (Å²) >= 11 is 3.34. The van der Waals surface area contributed by atoms with E-state index in [4.69, 9.17) is 0 Å². The summed E-state index contributed by atoms with van der Waals surface area (Å²) in [5, 5.41) is 12.6. The monoisotopic (exact) mass is 417 g/mol. The number of hydrogen-bond donors (Lipinski definition) is 1. The topological polar surface area (TPSA) is 74.9 Å². The molecule has 1 aromatic carbocycles. The molecule has 5 nitrogen and oxygen atoms in total. The zero-order valence-corrected chi connectivity index (χ0v) is 17.0. The summed E-state index contributed by atoms with van der Waals surface area (Å²) < 4.78 is 2.42. The van der Waals surface area contributed by atoms with Gasteiger partial charge in [0, 0.05) is 22.1 Å². The van der Waals surface area contributed by atoms with Crippen LogP contribution in [0.3, 0.4) is 0 Å². The molecule has 0 saturated carbocycles. The molecule has 0 aliphatic carbocycles. The van der Waals surface area contributed by atoms with E-state index in [-0.39, 0.29) is 29.5 Å². The van der Waals surface area contributed by atoms with E-state index in [1.165, 1.54) is 6.20 Å². The van der Waals surface area contributed by atoms with Gasteiger partial charge in [0.05, 0.1) is 5.52 Å². The molecule has 138 valence electrons. The number of carbonyl (C=O) groups excluding carboxylic acids is 1. The highest BCUT2D eigenvalue weighted by Crippen LogP contribution is 2.18. The van der Waals surface area contributed by atoms with Gasteiger partial charge < -0.3 is 9.88 Å². The molecule has 1 aromatic heterocycles. The van der Waals surface area contributed by atoms with Crippen molar-refractivity contribution < 1.29 is 4.79 Å². The molecule has 0 bridgehead atoms. The number of rotatable bonds is 7. The number of hydrogen-bond acceptors (Lipinski definition) is 3. The summed E-state index contributed by atoms with van der Waals surface area (Å²) in [5.74, 6) is 0.535. The van der Waals surface area contributed by atoms with Crippen molar-refractivity contribution in [2.24, 2.45) is 5.92 Å². The lowest BCUT2D eigenvalue weighted by Gasteiger charge is -2.16. The van der Waals surface area contributed by atoms with Crippen molar-refractivity contribution in [3.05, 3.63) is 44.7 Å². The van der Waals surface area contributed by atoms with Crippen LogP contribution in [-0.2, 0) is 11.3 Å². The molecule has 2 aromatic rings. The minimum Gasteiger partial charge on any atom is -0.352 e. The number of benzene rings is 1. The Morgan fingerprint density at radius 3 is 2.69 bits per heavy atom. The third-order valence-corrected chi connectivity index (χ3v) is 4.80. The van der Waals surface area contributed by atoms with Crippen molar-refractivity contribution in [3.8, 4) is 6.07 Å². The van der Waals surface area contributed by atoms with Crippen LogP contribution in [0.2, 0.25) is 0 Å². The molecule has 0 aliphatic rings. The number of amides is 1. The van der Waals surface area contributed by atoms with Crippen LogP contribution in [0.4, 0.5) is 0 Å². The Balaban J connectivity index is 2.17. The fourth-order valence-electron chi connectivity index (χ4n) is 2.96. The van der Waals surface area contributed by atoms with Gasteiger partial charge in [-0.15, -0.1) is 0 Å². The first kappa shape index (κ1) is 20.2. The first-order chi connectivity index (χ1) is 12.3. The molecule has 1 atom stereocenters. The quantitative estimate of drug-likeness (QED) is 0.740. The number of fused-ring (bicyclic) bond motifs is 1. The highest BCUT2D eigenvalue weighted by Gasteiger charge is 2.13. The smallest absolute Gasteiger partial charge is 0.240 e. The van der Waals surface area contributed by atoms with Crippen LogP contribution in [-0.4, -0.2) is 16.5 Å². The number of halogens is 1. The number of aromatic nitrogens is 1. The van der Waals surface area contributed by atoms with Gasteiger partial charge in [0.15, 0.2) is 0 Å². The molecule has 1 N–H and O–H groups in total. The van der Waals surface area contributed by atoms with Gasteiger partial charge in [-0.1, -0.05) is 42.6 Å². The Morgan fingerprint density at radius 2 is 2.04 bits per heavy atom. The Bertz CT molecular complexity index is 896. The highest BCUT2D eigenvalue weighted by molar-refractivity contribution is 9.10. The van der Waals surface area contributed by atoms with E-state index < -0.39 is 0 Å². The third-order valence-electron chi connectivity index (χ3n) is 4.30. The van der Waals surface area contributed by atoms with E-state index in [0.29, 0.717) is 16.8 Å². The van der Waals surface area contributed by atoms with E-state index in [1.54, 1.807) is 16.7 Å². The molecule has 0 aliphatic heterocycles. The standard InChI is InChI=1S/C20H24BrN3O2/c1-13(2)5-4-6-14(3)23-19(25)12-24-11-15(10-22)20(26)17-9-16(21)7-8-18(17)24/h7-9,11,13-14H,4-6,12H2,1-3H3,(H,23,25). The molecule has 6 heteroatoms. The van der Waals surface area contributed by atoms with E-state index in [9.17, 15) is 14.9 Å². The van der Waals surface area contributed by atoms with E-state index in [2.05, 4.69) is 35.1 Å². The van der Waals surface area contributed by atoms with Gasteiger partial charge in [0.25, 0.3) is 0 Å². The second-order valence-corrected chi connectivity index (χ2v) is 7.98. The summed E-state index contributed by atoms with van der Waals surface area (Å²) in [7, 11) is 0. The fourth-order valence-corrected chi connectivity index (χ4v) is 3.32. The Labute approximate surface area is 162 Å². The molecule has 0 fully saturated rings. The Kier molecular flexibility index (Phi) is 6.98. The van der Waals surface area contributed by atoms with E-state index in [1.807, 2.05) is 19.1 Å². The maximum atomic E-state index is 12.4. The summed E-state index contributed by atoms with van der Waals surface area (Å²) in [5.41, 5.74) is 0.357. The SMILES string of the molecule is CC(C)CCCC(C)NC(=O)Cn1cc(C#N)c(=O)c2cc(Br)ccc21. The van der Waals surface area contributed by atoms with E-state index in [0.717, 1.165) is 23.7 Å². The summed E-state index contributed by atoms with van der Waals surface area (Å²) in [6, 6.07) is 7.29. The average molecular weight is 418 g/mol. The second-order valence-electron chi connectivity index (χ2n) is 7.07. The first-order valence-corrected chi connectivity index (χ1v) is 9.63. The second kappa shape index (κ2) is 9.00. The van der Waals surface area contributed by atoms with Crippen molar-refractivity contribution in [2.75, 3.05) is 0 Å². The molecular weight excluding hydrogens is 394 g/mol. The van der Waals surface area contributed by atoms with Crippen molar-refractivity contribution in [1.82, 2.24) is 9.88 Å². The van der Waals surface area contributed by atoms with Gasteiger partial charge in [0.1, 0.15) is 18.2 Å². The van der Waals surface area contributed by atoms with Gasteiger partial charge in [-0.2, -0.15) is 5.26 Å². The van der Waals surface area contributed by atoms with Gasteiger partial charge in [-0.25, -0.2) is 0 Å². The van der Waals surface area contributed by atoms with Crippen LogP contribution < -0.4 is 10.7 Å². The molecule has 0 radical (unpaired) electrons. The van der Waals surface area contributed by atoms with Crippen LogP contribution in [0.1, 0.15) is 45.6 Å². The lowest BCUT2D eigenvalue weighted by atomic mass is 10.0. The molecule has 1 unspecified atom stereocenters. The van der Waals surface area contributed by atoms with Crippen molar-refractivity contribution in [3.63, 3.8) is 0 Å². The summed E-state index contributed by atoms with van der Waals surface area (Å²) in [6.07, 6.45) is 4.62. The molecule has 1 heterocycles. The van der Waals surface area contributed by atoms with Crippen LogP contribution in [0.25, 0.3) is 10.9 Å². The first-order valence-electron chi connectivity index (χ1n) is 8.84. The zero-order valence-electron chi connectivity index (χ0n) is 15.4. The minimum atomic E-state index is -0.317. The highest BCUT2D eigenvalue weighted by atomic mass is 79.9. The fraction of sp³-hybridized carbons (Fsp3) is 0.450. The van der Waals surface area contributed by atoms with Gasteiger partial charge in [-0.3, -0.25) is 9.59 Å². The normalized spacial score (nSPS) is 12.2. The Hall–Kier alpha value is -2.13. The maximum absolute atomic E-state index is 12.4. The predicted molar refractivity (Wildman–Crippen MR) is 107 cm³/mol. The van der Waals surface area contributed by atoms with E-state index >= 15 is 0 Å². The number of pyridine rings is 1. The van der Waals surface area contributed by atoms with Gasteiger partial charge in [0.2, 0.25) is 11.3 Å². The minimum absolute atomic E-state index is 0.0355. The lowest BCUT2D eigenvalue weighted by Crippen LogP contribution is -2.35. The van der Waals surface area contributed by atoms with Crippen molar-refractivity contribution in [1.29, 1.82) is 5.26 Å².